The molecule has 0 saturated heterocycles. The summed E-state index contributed by atoms with van der Waals surface area (Å²) in [6.45, 7) is 0. The highest BCUT2D eigenvalue weighted by molar-refractivity contribution is 5.93. The maximum Gasteiger partial charge on any atom is 0.201 e. The summed E-state index contributed by atoms with van der Waals surface area (Å²) in [4.78, 5) is 3.82. The third kappa shape index (κ3) is 2.42. The van der Waals surface area contributed by atoms with Gasteiger partial charge < -0.3 is 10.5 Å². The second-order valence-corrected chi connectivity index (χ2v) is 3.44. The Balaban J connectivity index is 2.31. The Morgan fingerprint density at radius 2 is 2.06 bits per heavy atom. The van der Waals surface area contributed by atoms with Crippen LogP contribution in [0.2, 0.25) is 0 Å². The van der Waals surface area contributed by atoms with Gasteiger partial charge in [0.25, 0.3) is 0 Å². The lowest BCUT2D eigenvalue weighted by atomic mass is 10.3. The minimum Gasteiger partial charge on any atom is -0.454 e. The summed E-state index contributed by atoms with van der Waals surface area (Å²) in [5, 5.41) is 7.21. The minimum atomic E-state index is -1.07. The van der Waals surface area contributed by atoms with Gasteiger partial charge in [0.05, 0.1) is 0 Å². The number of nitrogen functional groups attached to an aromatic ring is 1. The van der Waals surface area contributed by atoms with Crippen LogP contribution in [0, 0.1) is 17.0 Å². The predicted octanol–water partition coefficient (Wildman–Crippen LogP) is 2.44. The van der Waals surface area contributed by atoms with Crippen LogP contribution < -0.4 is 10.5 Å². The Hall–Kier alpha value is -2.50. The molecule has 4 nitrogen and oxygen atoms in total. The van der Waals surface area contributed by atoms with Crippen LogP contribution in [0.15, 0.2) is 36.5 Å². The van der Waals surface area contributed by atoms with Crippen molar-refractivity contribution in [1.82, 2.24) is 4.98 Å². The molecule has 1 heterocycles. The van der Waals surface area contributed by atoms with E-state index in [1.165, 1.54) is 30.5 Å². The maximum absolute atomic E-state index is 13.4. The molecule has 18 heavy (non-hydrogen) atoms. The van der Waals surface area contributed by atoms with Gasteiger partial charge in [0.1, 0.15) is 17.3 Å². The molecule has 2 rings (SSSR count). The second-order valence-electron chi connectivity index (χ2n) is 3.44. The molecule has 92 valence electrons. The summed E-state index contributed by atoms with van der Waals surface area (Å²) in [6, 6.07) is 6.45. The molecule has 0 unspecified atom stereocenters. The van der Waals surface area contributed by atoms with Crippen molar-refractivity contribution in [3.8, 4) is 11.5 Å². The van der Waals surface area contributed by atoms with E-state index in [1.807, 2.05) is 0 Å². The van der Waals surface area contributed by atoms with Gasteiger partial charge in [-0.25, -0.2) is 4.39 Å². The number of aromatic nitrogens is 1. The number of halogens is 2. The number of amidine groups is 1. The molecule has 0 amide bonds. The van der Waals surface area contributed by atoms with Crippen molar-refractivity contribution in [2.45, 2.75) is 0 Å². The molecule has 0 aliphatic carbocycles. The van der Waals surface area contributed by atoms with Crippen molar-refractivity contribution >= 4 is 5.84 Å². The number of nitrogens with one attached hydrogen (secondary N) is 1. The Morgan fingerprint density at radius 3 is 2.78 bits per heavy atom. The average molecular weight is 249 g/mol. The van der Waals surface area contributed by atoms with Crippen molar-refractivity contribution in [2.75, 3.05) is 0 Å². The molecule has 1 aromatic carbocycles. The number of ether oxygens (including phenoxy) is 1. The summed E-state index contributed by atoms with van der Waals surface area (Å²) in [7, 11) is 0. The fraction of sp³-hybridized carbons (Fsp3) is 0. The van der Waals surface area contributed by atoms with E-state index < -0.39 is 11.6 Å². The van der Waals surface area contributed by atoms with E-state index in [0.29, 0.717) is 0 Å². The zero-order chi connectivity index (χ0) is 13.1. The number of hydrogen-bond acceptors (Lipinski definition) is 3. The van der Waals surface area contributed by atoms with Gasteiger partial charge in [0.2, 0.25) is 5.82 Å². The molecule has 0 spiro atoms. The average Bonchev–Trinajstić information content (AvgIpc) is 2.35. The van der Waals surface area contributed by atoms with Gasteiger partial charge in [-0.2, -0.15) is 4.39 Å². The Bertz CT molecular complexity index is 602. The lowest BCUT2D eigenvalue weighted by Gasteiger charge is -2.07. The molecular weight excluding hydrogens is 240 g/mol. The van der Waals surface area contributed by atoms with Crippen LogP contribution in [0.1, 0.15) is 5.69 Å². The van der Waals surface area contributed by atoms with Crippen molar-refractivity contribution in [2.24, 2.45) is 5.73 Å². The van der Waals surface area contributed by atoms with Crippen LogP contribution in [0.3, 0.4) is 0 Å². The molecule has 0 atom stereocenters. The summed E-state index contributed by atoms with van der Waals surface area (Å²) < 4.78 is 31.5. The van der Waals surface area contributed by atoms with E-state index in [0.717, 1.165) is 6.07 Å². The van der Waals surface area contributed by atoms with Crippen LogP contribution in [-0.2, 0) is 0 Å². The van der Waals surface area contributed by atoms with Crippen LogP contribution in [0.4, 0.5) is 8.78 Å². The number of pyridine rings is 1. The lowest BCUT2D eigenvalue weighted by Crippen LogP contribution is -2.12. The first-order valence-corrected chi connectivity index (χ1v) is 5.00. The van der Waals surface area contributed by atoms with Crippen LogP contribution in [0.5, 0.6) is 11.5 Å². The third-order valence-corrected chi connectivity index (χ3v) is 2.15. The first-order chi connectivity index (χ1) is 8.58. The highest BCUT2D eigenvalue weighted by atomic mass is 19.2. The van der Waals surface area contributed by atoms with Gasteiger partial charge in [0.15, 0.2) is 11.6 Å². The minimum absolute atomic E-state index is 0.198. The third-order valence-electron chi connectivity index (χ3n) is 2.15. The van der Waals surface area contributed by atoms with Gasteiger partial charge in [0, 0.05) is 12.3 Å². The molecule has 6 heteroatoms. The van der Waals surface area contributed by atoms with Gasteiger partial charge in [-0.3, -0.25) is 10.4 Å². The molecule has 0 fully saturated rings. The maximum atomic E-state index is 13.4. The standard InChI is InChI=1S/C12H9F2N3O/c13-8-2-1-3-10(11(8)14)18-7-4-5-17-9(6-7)12(15)16/h1-6H,(H3,15,16). The quantitative estimate of drug-likeness (QED) is 0.648. The van der Waals surface area contributed by atoms with E-state index in [2.05, 4.69) is 4.98 Å². The summed E-state index contributed by atoms with van der Waals surface area (Å²) >= 11 is 0. The van der Waals surface area contributed by atoms with E-state index in [9.17, 15) is 8.78 Å². The topological polar surface area (TPSA) is 72.0 Å². The highest BCUT2D eigenvalue weighted by Crippen LogP contribution is 2.25. The van der Waals surface area contributed by atoms with E-state index >= 15 is 0 Å². The molecular formula is C12H9F2N3O. The highest BCUT2D eigenvalue weighted by Gasteiger charge is 2.10. The van der Waals surface area contributed by atoms with Crippen molar-refractivity contribution < 1.29 is 13.5 Å². The van der Waals surface area contributed by atoms with Gasteiger partial charge >= 0.3 is 0 Å². The molecule has 1 aromatic heterocycles. The monoisotopic (exact) mass is 249 g/mol. The van der Waals surface area contributed by atoms with E-state index in [-0.39, 0.29) is 23.0 Å². The zero-order valence-electron chi connectivity index (χ0n) is 9.15. The fourth-order valence-corrected chi connectivity index (χ4v) is 1.31. The first-order valence-electron chi connectivity index (χ1n) is 5.00. The molecule has 3 N–H and O–H groups in total. The SMILES string of the molecule is N=C(N)c1cc(Oc2cccc(F)c2F)ccn1. The molecule has 0 aliphatic rings. The first kappa shape index (κ1) is 12.0. The second kappa shape index (κ2) is 4.79. The largest absolute Gasteiger partial charge is 0.454 e. The molecule has 2 aromatic rings. The van der Waals surface area contributed by atoms with E-state index in [1.54, 1.807) is 0 Å². The zero-order valence-corrected chi connectivity index (χ0v) is 9.15. The van der Waals surface area contributed by atoms with Crippen LogP contribution in [0.25, 0.3) is 0 Å². The molecule has 0 bridgehead atoms. The Kier molecular flexibility index (Phi) is 3.18. The predicted molar refractivity (Wildman–Crippen MR) is 61.7 cm³/mol. The Morgan fingerprint density at radius 1 is 1.28 bits per heavy atom. The Labute approximate surface area is 102 Å². The fourth-order valence-electron chi connectivity index (χ4n) is 1.31. The van der Waals surface area contributed by atoms with Crippen molar-refractivity contribution in [3.05, 3.63) is 53.9 Å². The lowest BCUT2D eigenvalue weighted by molar-refractivity contribution is 0.415. The number of hydrogen-bond donors (Lipinski definition) is 2. The van der Waals surface area contributed by atoms with Gasteiger partial charge in [-0.1, -0.05) is 6.07 Å². The molecule has 0 radical (unpaired) electrons. The number of nitrogens with two attached hydrogens (primary N) is 1. The van der Waals surface area contributed by atoms with Gasteiger partial charge in [-0.15, -0.1) is 0 Å². The van der Waals surface area contributed by atoms with E-state index in [4.69, 9.17) is 15.9 Å². The van der Waals surface area contributed by atoms with Crippen molar-refractivity contribution in [3.63, 3.8) is 0 Å². The van der Waals surface area contributed by atoms with Crippen LogP contribution >= 0.6 is 0 Å². The molecule has 0 saturated carbocycles. The molecule has 0 aliphatic heterocycles. The van der Waals surface area contributed by atoms with Crippen molar-refractivity contribution in [1.29, 1.82) is 5.41 Å². The van der Waals surface area contributed by atoms with Gasteiger partial charge in [-0.05, 0) is 18.2 Å². The summed E-state index contributed by atoms with van der Waals surface area (Å²) in [6.07, 6.45) is 1.36. The number of rotatable bonds is 3. The summed E-state index contributed by atoms with van der Waals surface area (Å²) in [5.74, 6) is -2.32. The normalized spacial score (nSPS) is 10.1. The van der Waals surface area contributed by atoms with Crippen LogP contribution in [-0.4, -0.2) is 10.8 Å². The number of benzene rings is 1. The smallest absolute Gasteiger partial charge is 0.201 e. The summed E-state index contributed by atoms with van der Waals surface area (Å²) in [5.41, 5.74) is 5.46. The number of nitrogens with zero attached hydrogens (tertiary/aromatic N) is 1.